The predicted molar refractivity (Wildman–Crippen MR) is 146 cm³/mol. The lowest BCUT2D eigenvalue weighted by Gasteiger charge is -2.29. The second-order valence-corrected chi connectivity index (χ2v) is 11.7. The van der Waals surface area contributed by atoms with Gasteiger partial charge in [-0.05, 0) is 49.6 Å². The van der Waals surface area contributed by atoms with E-state index in [1.54, 1.807) is 30.0 Å². The number of amides is 2. The molecule has 2 aromatic rings. The van der Waals surface area contributed by atoms with E-state index in [-0.39, 0.29) is 37.7 Å². The number of sulfonamides is 1. The van der Waals surface area contributed by atoms with E-state index in [0.29, 0.717) is 36.9 Å². The zero-order valence-corrected chi connectivity index (χ0v) is 23.8. The predicted octanol–water partition coefficient (Wildman–Crippen LogP) is 3.71. The van der Waals surface area contributed by atoms with Crippen molar-refractivity contribution in [3.05, 3.63) is 52.5 Å². The summed E-state index contributed by atoms with van der Waals surface area (Å²) in [5.74, 6) is 0.609. The normalized spacial score (nSPS) is 13.5. The molecule has 0 saturated heterocycles. The zero-order chi connectivity index (χ0) is 27.0. The molecule has 9 nitrogen and oxygen atoms in total. The number of ether oxygens (including phenoxy) is 2. The highest BCUT2D eigenvalue weighted by molar-refractivity contribution is 9.10. The van der Waals surface area contributed by atoms with E-state index in [9.17, 15) is 18.0 Å². The summed E-state index contributed by atoms with van der Waals surface area (Å²) in [6, 6.07) is 11.9. The lowest BCUT2D eigenvalue weighted by molar-refractivity contribution is -0.140. The Morgan fingerprint density at radius 1 is 1.08 bits per heavy atom. The number of nitrogens with zero attached hydrogens (tertiary/aromatic N) is 2. The molecule has 0 fully saturated rings. The van der Waals surface area contributed by atoms with Gasteiger partial charge < -0.3 is 19.7 Å². The monoisotopic (exact) mass is 595 g/mol. The van der Waals surface area contributed by atoms with Crippen molar-refractivity contribution in [3.63, 3.8) is 0 Å². The first kappa shape index (κ1) is 28.8. The van der Waals surface area contributed by atoms with Crippen molar-refractivity contribution in [1.82, 2.24) is 10.2 Å². The third kappa shape index (κ3) is 8.10. The molecule has 0 aromatic heterocycles. The number of fused-ring (bicyclic) bond motifs is 1. The van der Waals surface area contributed by atoms with Crippen LogP contribution < -0.4 is 19.1 Å². The van der Waals surface area contributed by atoms with Gasteiger partial charge in [0.2, 0.25) is 21.8 Å². The highest BCUT2D eigenvalue weighted by atomic mass is 79.9. The molecule has 1 atom stereocenters. The average Bonchev–Trinajstić information content (AvgIpc) is 2.87. The summed E-state index contributed by atoms with van der Waals surface area (Å²) in [6.07, 6.45) is 2.28. The van der Waals surface area contributed by atoms with E-state index in [2.05, 4.69) is 21.2 Å². The molecule has 3 rings (SSSR count). The van der Waals surface area contributed by atoms with Crippen molar-refractivity contribution in [3.8, 4) is 11.5 Å². The minimum atomic E-state index is -3.61. The number of halogens is 1. The standard InChI is InChI=1S/C26H34BrN3O6S/c1-4-13-28-26(32)19(2)29(18-20-7-9-21(27)10-8-20)25(31)6-5-14-30(37(3,33)34)22-11-12-23-24(17-22)36-16-15-35-23/h7-12,17,19H,4-6,13-16,18H2,1-3H3,(H,28,32)/t19-/m0/s1. The van der Waals surface area contributed by atoms with Crippen LogP contribution in [-0.4, -0.2) is 63.7 Å². The molecule has 0 radical (unpaired) electrons. The largest absolute Gasteiger partial charge is 0.486 e. The summed E-state index contributed by atoms with van der Waals surface area (Å²) in [5.41, 5.74) is 1.33. The first-order valence-corrected chi connectivity index (χ1v) is 14.9. The molecule has 11 heteroatoms. The second kappa shape index (κ2) is 13.1. The molecule has 0 spiro atoms. The van der Waals surface area contributed by atoms with E-state index in [1.807, 2.05) is 31.2 Å². The van der Waals surface area contributed by atoms with Crippen LogP contribution in [-0.2, 0) is 26.2 Å². The van der Waals surface area contributed by atoms with Gasteiger partial charge in [-0.15, -0.1) is 0 Å². The van der Waals surface area contributed by atoms with Gasteiger partial charge in [0.1, 0.15) is 19.3 Å². The summed E-state index contributed by atoms with van der Waals surface area (Å²) < 4.78 is 38.5. The fourth-order valence-electron chi connectivity index (χ4n) is 3.96. The first-order chi connectivity index (χ1) is 17.6. The maximum atomic E-state index is 13.3. The molecule has 37 heavy (non-hydrogen) atoms. The van der Waals surface area contributed by atoms with Gasteiger partial charge in [0.05, 0.1) is 11.9 Å². The quantitative estimate of drug-likeness (QED) is 0.401. The van der Waals surface area contributed by atoms with Gasteiger partial charge in [0.15, 0.2) is 11.5 Å². The van der Waals surface area contributed by atoms with Gasteiger partial charge in [-0.25, -0.2) is 8.42 Å². The van der Waals surface area contributed by atoms with Crippen LogP contribution in [0.4, 0.5) is 5.69 Å². The van der Waals surface area contributed by atoms with Gasteiger partial charge >= 0.3 is 0 Å². The molecule has 0 saturated carbocycles. The van der Waals surface area contributed by atoms with Crippen molar-refractivity contribution >= 4 is 43.5 Å². The third-order valence-corrected chi connectivity index (χ3v) is 7.67. The molecule has 0 unspecified atom stereocenters. The summed E-state index contributed by atoms with van der Waals surface area (Å²) in [7, 11) is -3.61. The van der Waals surface area contributed by atoms with Crippen molar-refractivity contribution in [1.29, 1.82) is 0 Å². The number of carbonyl (C=O) groups excluding carboxylic acids is 2. The molecule has 1 aliphatic rings. The number of rotatable bonds is 12. The van der Waals surface area contributed by atoms with Crippen LogP contribution in [0.15, 0.2) is 46.9 Å². The number of carbonyl (C=O) groups is 2. The number of nitrogens with one attached hydrogen (secondary N) is 1. The van der Waals surface area contributed by atoms with Crippen LogP contribution in [0.2, 0.25) is 0 Å². The Kier molecular flexibility index (Phi) is 10.2. The van der Waals surface area contributed by atoms with Gasteiger partial charge in [0.25, 0.3) is 0 Å². The Bertz CT molecular complexity index is 1190. The summed E-state index contributed by atoms with van der Waals surface area (Å²) in [4.78, 5) is 27.6. The summed E-state index contributed by atoms with van der Waals surface area (Å²) >= 11 is 3.41. The molecule has 202 valence electrons. The molecule has 0 bridgehead atoms. The van der Waals surface area contributed by atoms with E-state index in [4.69, 9.17) is 9.47 Å². The summed E-state index contributed by atoms with van der Waals surface area (Å²) in [6.45, 7) is 5.41. The van der Waals surface area contributed by atoms with Crippen LogP contribution in [0, 0.1) is 0 Å². The van der Waals surface area contributed by atoms with Gasteiger partial charge in [0, 0.05) is 36.6 Å². The Morgan fingerprint density at radius 3 is 2.41 bits per heavy atom. The Morgan fingerprint density at radius 2 is 1.76 bits per heavy atom. The molecule has 2 aromatic carbocycles. The molecule has 1 heterocycles. The fraction of sp³-hybridized carbons (Fsp3) is 0.462. The van der Waals surface area contributed by atoms with Crippen LogP contribution in [0.3, 0.4) is 0 Å². The SMILES string of the molecule is CCCNC(=O)[C@H](C)N(Cc1ccc(Br)cc1)C(=O)CCCN(c1ccc2c(c1)OCCO2)S(C)(=O)=O. The van der Waals surface area contributed by atoms with Crippen molar-refractivity contribution in [2.45, 2.75) is 45.7 Å². The zero-order valence-electron chi connectivity index (χ0n) is 21.4. The first-order valence-electron chi connectivity index (χ1n) is 12.3. The topological polar surface area (TPSA) is 105 Å². The van der Waals surface area contributed by atoms with Crippen LogP contribution in [0.25, 0.3) is 0 Å². The average molecular weight is 597 g/mol. The van der Waals surface area contributed by atoms with Gasteiger partial charge in [-0.1, -0.05) is 35.0 Å². The maximum Gasteiger partial charge on any atom is 0.242 e. The second-order valence-electron chi connectivity index (χ2n) is 8.88. The van der Waals surface area contributed by atoms with Crippen molar-refractivity contribution in [2.24, 2.45) is 0 Å². The lowest BCUT2D eigenvalue weighted by Crippen LogP contribution is -2.47. The van der Waals surface area contributed by atoms with E-state index in [1.165, 1.54) is 4.31 Å². The Labute approximate surface area is 227 Å². The van der Waals surface area contributed by atoms with E-state index in [0.717, 1.165) is 22.7 Å². The van der Waals surface area contributed by atoms with Crippen LogP contribution in [0.5, 0.6) is 11.5 Å². The van der Waals surface area contributed by atoms with Gasteiger partial charge in [-0.2, -0.15) is 0 Å². The van der Waals surface area contributed by atoms with Gasteiger partial charge in [-0.3, -0.25) is 13.9 Å². The maximum absolute atomic E-state index is 13.3. The number of anilines is 1. The Hall–Kier alpha value is -2.79. The molecule has 1 N–H and O–H groups in total. The van der Waals surface area contributed by atoms with Crippen LogP contribution in [0.1, 0.15) is 38.7 Å². The van der Waals surface area contributed by atoms with Crippen LogP contribution >= 0.6 is 15.9 Å². The molecule has 0 aliphatic carbocycles. The number of hydrogen-bond acceptors (Lipinski definition) is 6. The third-order valence-electron chi connectivity index (χ3n) is 5.95. The smallest absolute Gasteiger partial charge is 0.242 e. The highest BCUT2D eigenvalue weighted by Gasteiger charge is 2.27. The molecule has 2 amide bonds. The minimum Gasteiger partial charge on any atom is -0.486 e. The molecular weight excluding hydrogens is 562 g/mol. The number of benzene rings is 2. The fourth-order valence-corrected chi connectivity index (χ4v) is 5.18. The van der Waals surface area contributed by atoms with Crippen molar-refractivity contribution in [2.75, 3.05) is 36.9 Å². The van der Waals surface area contributed by atoms with E-state index >= 15 is 0 Å². The highest BCUT2D eigenvalue weighted by Crippen LogP contribution is 2.34. The lowest BCUT2D eigenvalue weighted by atomic mass is 10.1. The van der Waals surface area contributed by atoms with Crippen molar-refractivity contribution < 1.29 is 27.5 Å². The van der Waals surface area contributed by atoms with E-state index < -0.39 is 16.1 Å². The Balaban J connectivity index is 1.72. The minimum absolute atomic E-state index is 0.0818. The molecule has 1 aliphatic heterocycles. The number of hydrogen-bond donors (Lipinski definition) is 1. The molecular formula is C26H34BrN3O6S. The summed E-state index contributed by atoms with van der Waals surface area (Å²) in [5, 5.41) is 2.85.